The van der Waals surface area contributed by atoms with Crippen LogP contribution in [0.1, 0.15) is 5.56 Å². The summed E-state index contributed by atoms with van der Waals surface area (Å²) in [6, 6.07) is 45.6. The van der Waals surface area contributed by atoms with E-state index in [-0.39, 0.29) is 0 Å². The van der Waals surface area contributed by atoms with Crippen LogP contribution >= 0.6 is 0 Å². The zero-order chi connectivity index (χ0) is 29.8. The number of nitriles is 1. The average Bonchev–Trinajstić information content (AvgIpc) is 3.60. The Morgan fingerprint density at radius 2 is 1.41 bits per heavy atom. The fourth-order valence-corrected chi connectivity index (χ4v) is 6.54. The number of hydrogen-bond donors (Lipinski definition) is 0. The van der Waals surface area contributed by atoms with Gasteiger partial charge in [-0.15, -0.1) is 0 Å². The van der Waals surface area contributed by atoms with Crippen molar-refractivity contribution in [2.24, 2.45) is 0 Å². The molecule has 2 aromatic heterocycles. The van der Waals surface area contributed by atoms with E-state index < -0.39 is 0 Å². The van der Waals surface area contributed by atoms with Crippen LogP contribution in [0.2, 0.25) is 0 Å². The molecule has 8 rings (SSSR count). The molecular weight excluding hydrogens is 540 g/mol. The van der Waals surface area contributed by atoms with Crippen molar-refractivity contribution in [2.45, 2.75) is 0 Å². The van der Waals surface area contributed by atoms with Gasteiger partial charge in [-0.25, -0.2) is 4.85 Å². The highest BCUT2D eigenvalue weighted by atomic mass is 16.5. The molecule has 0 saturated heterocycles. The van der Waals surface area contributed by atoms with Gasteiger partial charge in [-0.2, -0.15) is 5.26 Å². The minimum Gasteiger partial charge on any atom is -0.497 e. The zero-order valence-corrected chi connectivity index (χ0v) is 23.8. The van der Waals surface area contributed by atoms with Gasteiger partial charge < -0.3 is 13.9 Å². The third-order valence-electron chi connectivity index (χ3n) is 8.47. The summed E-state index contributed by atoms with van der Waals surface area (Å²) in [4.78, 5) is 3.65. The van der Waals surface area contributed by atoms with E-state index in [1.54, 1.807) is 25.3 Å². The molecule has 0 amide bonds. The smallest absolute Gasteiger partial charge is 0.189 e. The van der Waals surface area contributed by atoms with Crippen molar-refractivity contribution in [2.75, 3.05) is 7.11 Å². The lowest BCUT2D eigenvalue weighted by molar-refractivity contribution is 0.415. The Kier molecular flexibility index (Phi) is 5.72. The Balaban J connectivity index is 1.46. The molecule has 0 aliphatic rings. The van der Waals surface area contributed by atoms with Gasteiger partial charge in [0.15, 0.2) is 5.69 Å². The second-order valence-corrected chi connectivity index (χ2v) is 10.8. The fraction of sp³-hybridized carbons (Fsp3) is 0.0256. The first-order valence-electron chi connectivity index (χ1n) is 14.3. The quantitative estimate of drug-likeness (QED) is 0.200. The van der Waals surface area contributed by atoms with Gasteiger partial charge in [0.05, 0.1) is 47.0 Å². The Bertz CT molecular complexity index is 2510. The molecule has 0 N–H and O–H groups in total. The molecule has 206 valence electrons. The summed E-state index contributed by atoms with van der Waals surface area (Å²) >= 11 is 0. The van der Waals surface area contributed by atoms with Gasteiger partial charge in [-0.3, -0.25) is 0 Å². The number of rotatable bonds is 4. The molecule has 6 aromatic carbocycles. The molecule has 0 aliphatic carbocycles. The van der Waals surface area contributed by atoms with Gasteiger partial charge in [0, 0.05) is 27.2 Å². The second kappa shape index (κ2) is 9.91. The van der Waals surface area contributed by atoms with Crippen molar-refractivity contribution in [3.8, 4) is 34.3 Å². The maximum Gasteiger partial charge on any atom is 0.189 e. The van der Waals surface area contributed by atoms with Gasteiger partial charge in [-0.05, 0) is 71.8 Å². The molecule has 0 saturated carbocycles. The Labute approximate surface area is 253 Å². The molecular formula is C39H24N4O. The maximum absolute atomic E-state index is 10.0. The van der Waals surface area contributed by atoms with Crippen LogP contribution in [0, 0.1) is 17.9 Å². The fourth-order valence-electron chi connectivity index (χ4n) is 6.54. The monoisotopic (exact) mass is 564 g/mol. The molecule has 44 heavy (non-hydrogen) atoms. The molecule has 5 heteroatoms. The summed E-state index contributed by atoms with van der Waals surface area (Å²) in [6.45, 7) is 7.61. The Hall–Kier alpha value is -6.30. The number of methoxy groups -OCH3 is 1. The number of hydrogen-bond acceptors (Lipinski definition) is 2. The molecule has 0 bridgehead atoms. The van der Waals surface area contributed by atoms with Crippen molar-refractivity contribution in [3.63, 3.8) is 0 Å². The van der Waals surface area contributed by atoms with E-state index >= 15 is 0 Å². The van der Waals surface area contributed by atoms with Crippen molar-refractivity contribution in [1.82, 2.24) is 9.13 Å². The normalized spacial score (nSPS) is 11.2. The van der Waals surface area contributed by atoms with Crippen LogP contribution in [0.25, 0.3) is 71.0 Å². The van der Waals surface area contributed by atoms with Gasteiger partial charge >= 0.3 is 0 Å². The third kappa shape index (κ3) is 3.71. The highest BCUT2D eigenvalue weighted by Crippen LogP contribution is 2.42. The number of nitrogens with zero attached hydrogens (tertiary/aromatic N) is 4. The summed E-state index contributed by atoms with van der Waals surface area (Å²) in [5.41, 5.74) is 9.18. The van der Waals surface area contributed by atoms with Crippen LogP contribution < -0.4 is 4.74 Å². The topological polar surface area (TPSA) is 47.2 Å². The number of aromatic nitrogens is 2. The van der Waals surface area contributed by atoms with Crippen molar-refractivity contribution >= 4 is 49.3 Å². The summed E-state index contributed by atoms with van der Waals surface area (Å²) in [6.07, 6.45) is 0. The predicted molar refractivity (Wildman–Crippen MR) is 178 cm³/mol. The van der Waals surface area contributed by atoms with E-state index in [0.29, 0.717) is 16.9 Å². The number of fused-ring (bicyclic) bond motifs is 6. The van der Waals surface area contributed by atoms with Crippen LogP contribution in [0.4, 0.5) is 5.69 Å². The highest BCUT2D eigenvalue weighted by molar-refractivity contribution is 6.17. The summed E-state index contributed by atoms with van der Waals surface area (Å²) < 4.78 is 10.1. The first-order valence-corrected chi connectivity index (χ1v) is 14.3. The lowest BCUT2D eigenvalue weighted by atomic mass is 9.97. The number of benzene rings is 6. The Morgan fingerprint density at radius 3 is 2.23 bits per heavy atom. The van der Waals surface area contributed by atoms with Crippen molar-refractivity contribution in [1.29, 1.82) is 5.26 Å². The third-order valence-corrected chi connectivity index (χ3v) is 8.47. The number of para-hydroxylation sites is 2. The average molecular weight is 565 g/mol. The Morgan fingerprint density at radius 1 is 0.659 bits per heavy atom. The summed E-state index contributed by atoms with van der Waals surface area (Å²) in [5, 5.41) is 14.5. The SMILES string of the molecule is [C-]#[N+]c1ccc(C#N)c(-n2c3ccc(OC)cc3c3c(-c4ccc5c(c4)c4ccccc4n5-c4ccccc4)cccc32)c1. The van der Waals surface area contributed by atoms with Gasteiger partial charge in [0.1, 0.15) is 11.8 Å². The minimum absolute atomic E-state index is 0.485. The standard InChI is InChI=1S/C39H24N4O/c1-41-27-17-15-26(24-40)38(22-27)43-36-20-18-29(44-2)23-33(36)39-30(12-8-14-37(39)43)25-16-19-35-32(21-25)31-11-6-7-13-34(31)42(35)28-9-4-3-5-10-28/h3-23H,2H3. The van der Waals surface area contributed by atoms with Gasteiger partial charge in [0.2, 0.25) is 0 Å². The van der Waals surface area contributed by atoms with Gasteiger partial charge in [0.25, 0.3) is 0 Å². The molecule has 0 fully saturated rings. The van der Waals surface area contributed by atoms with Crippen LogP contribution in [0.15, 0.2) is 127 Å². The van der Waals surface area contributed by atoms with E-state index in [4.69, 9.17) is 11.3 Å². The van der Waals surface area contributed by atoms with Crippen molar-refractivity contribution < 1.29 is 4.74 Å². The first-order chi connectivity index (χ1) is 21.7. The zero-order valence-electron chi connectivity index (χ0n) is 23.8. The molecule has 0 atom stereocenters. The van der Waals surface area contributed by atoms with Crippen LogP contribution in [-0.2, 0) is 0 Å². The van der Waals surface area contributed by atoms with Crippen LogP contribution in [-0.4, -0.2) is 16.2 Å². The van der Waals surface area contributed by atoms with E-state index in [2.05, 4.69) is 111 Å². The molecule has 0 aliphatic heterocycles. The summed E-state index contributed by atoms with van der Waals surface area (Å²) in [7, 11) is 1.67. The van der Waals surface area contributed by atoms with Gasteiger partial charge in [-0.1, -0.05) is 66.7 Å². The molecule has 8 aromatic rings. The molecule has 5 nitrogen and oxygen atoms in total. The van der Waals surface area contributed by atoms with E-state index in [9.17, 15) is 5.26 Å². The van der Waals surface area contributed by atoms with E-state index in [1.807, 2.05) is 18.2 Å². The van der Waals surface area contributed by atoms with E-state index in [0.717, 1.165) is 55.4 Å². The molecule has 0 spiro atoms. The van der Waals surface area contributed by atoms with Crippen molar-refractivity contribution in [3.05, 3.63) is 144 Å². The lowest BCUT2D eigenvalue weighted by Gasteiger charge is -2.11. The highest BCUT2D eigenvalue weighted by Gasteiger charge is 2.20. The lowest BCUT2D eigenvalue weighted by Crippen LogP contribution is -1.97. The predicted octanol–water partition coefficient (Wildman–Crippen LogP) is 9.98. The molecule has 0 unspecified atom stereocenters. The largest absolute Gasteiger partial charge is 0.497 e. The van der Waals surface area contributed by atoms with Crippen LogP contribution in [0.3, 0.4) is 0 Å². The first kappa shape index (κ1) is 25.4. The number of ether oxygens (including phenoxy) is 1. The minimum atomic E-state index is 0.485. The van der Waals surface area contributed by atoms with E-state index in [1.165, 1.54) is 10.8 Å². The molecule has 0 radical (unpaired) electrons. The second-order valence-electron chi connectivity index (χ2n) is 10.8. The van der Waals surface area contributed by atoms with Crippen LogP contribution in [0.5, 0.6) is 5.75 Å². The maximum atomic E-state index is 10.0. The summed E-state index contributed by atoms with van der Waals surface area (Å²) in [5.74, 6) is 0.753. The molecule has 2 heterocycles.